The van der Waals surface area contributed by atoms with Crippen molar-refractivity contribution in [2.75, 3.05) is 32.1 Å². The molecule has 0 spiro atoms. The first-order chi connectivity index (χ1) is 9.18. The summed E-state index contributed by atoms with van der Waals surface area (Å²) in [6, 6.07) is 0. The zero-order chi connectivity index (χ0) is 13.9. The van der Waals surface area contributed by atoms with Crippen LogP contribution in [0, 0.1) is 5.92 Å². The van der Waals surface area contributed by atoms with E-state index in [0.29, 0.717) is 13.2 Å². The van der Waals surface area contributed by atoms with Gasteiger partial charge in [0.05, 0.1) is 12.7 Å². The minimum atomic E-state index is -0.368. The van der Waals surface area contributed by atoms with Crippen LogP contribution in [0.25, 0.3) is 0 Å². The quantitative estimate of drug-likeness (QED) is 0.607. The van der Waals surface area contributed by atoms with Crippen molar-refractivity contribution in [1.82, 2.24) is 5.32 Å². The molecule has 0 aromatic rings. The van der Waals surface area contributed by atoms with E-state index in [1.165, 1.54) is 31.4 Å². The molecule has 3 nitrogen and oxygen atoms in total. The summed E-state index contributed by atoms with van der Waals surface area (Å²) in [5.74, 6) is 2.04. The Morgan fingerprint density at radius 2 is 2.21 bits per heavy atom. The highest BCUT2D eigenvalue weighted by Gasteiger charge is 2.13. The summed E-state index contributed by atoms with van der Waals surface area (Å²) in [7, 11) is 0. The van der Waals surface area contributed by atoms with Gasteiger partial charge < -0.3 is 15.2 Å². The van der Waals surface area contributed by atoms with E-state index in [1.807, 2.05) is 0 Å². The van der Waals surface area contributed by atoms with Gasteiger partial charge in [0.2, 0.25) is 0 Å². The van der Waals surface area contributed by atoms with E-state index in [4.69, 9.17) is 4.74 Å². The first-order valence-electron chi connectivity index (χ1n) is 7.76. The molecule has 1 saturated heterocycles. The third kappa shape index (κ3) is 9.72. The predicted molar refractivity (Wildman–Crippen MR) is 83.9 cm³/mol. The Morgan fingerprint density at radius 3 is 2.89 bits per heavy atom. The summed E-state index contributed by atoms with van der Waals surface area (Å²) < 4.78 is 5.49. The van der Waals surface area contributed by atoms with Crippen molar-refractivity contribution in [3.05, 3.63) is 0 Å². The molecule has 1 aliphatic rings. The molecular formula is C15H31NO2S. The molecule has 0 amide bonds. The van der Waals surface area contributed by atoms with Gasteiger partial charge in [0.1, 0.15) is 0 Å². The van der Waals surface area contributed by atoms with Crippen molar-refractivity contribution >= 4 is 11.8 Å². The summed E-state index contributed by atoms with van der Waals surface area (Å²) in [5.41, 5.74) is 0. The predicted octanol–water partition coefficient (Wildman–Crippen LogP) is 2.68. The van der Waals surface area contributed by atoms with Gasteiger partial charge in [-0.25, -0.2) is 0 Å². The molecule has 2 atom stereocenters. The molecular weight excluding hydrogens is 258 g/mol. The monoisotopic (exact) mass is 289 g/mol. The molecule has 2 N–H and O–H groups in total. The van der Waals surface area contributed by atoms with Crippen molar-refractivity contribution < 1.29 is 9.84 Å². The standard InChI is InChI=1S/C15H31NO2S/c1-13(2)6-5-8-18-12-14(17)10-16-11-15-7-3-4-9-19-15/h13-17H,3-12H2,1-2H3. The van der Waals surface area contributed by atoms with Gasteiger partial charge >= 0.3 is 0 Å². The second kappa shape index (κ2) is 11.0. The molecule has 0 aromatic carbocycles. The summed E-state index contributed by atoms with van der Waals surface area (Å²) in [6.45, 7) is 7.36. The first-order valence-corrected chi connectivity index (χ1v) is 8.81. The Bertz CT molecular complexity index is 208. The van der Waals surface area contributed by atoms with Crippen LogP contribution in [-0.2, 0) is 4.74 Å². The van der Waals surface area contributed by atoms with Gasteiger partial charge in [-0.05, 0) is 37.4 Å². The maximum Gasteiger partial charge on any atom is 0.0897 e. The molecule has 1 heterocycles. The summed E-state index contributed by atoms with van der Waals surface area (Å²) in [5, 5.41) is 13.9. The molecule has 19 heavy (non-hydrogen) atoms. The Labute approximate surface area is 122 Å². The Balaban J connectivity index is 1.88. The van der Waals surface area contributed by atoms with Crippen LogP contribution < -0.4 is 5.32 Å². The van der Waals surface area contributed by atoms with Crippen molar-refractivity contribution in [1.29, 1.82) is 0 Å². The number of hydrogen-bond acceptors (Lipinski definition) is 4. The number of ether oxygens (including phenoxy) is 1. The minimum Gasteiger partial charge on any atom is -0.389 e. The normalized spacial score (nSPS) is 21.8. The van der Waals surface area contributed by atoms with Crippen LogP contribution >= 0.6 is 11.8 Å². The van der Waals surface area contributed by atoms with Gasteiger partial charge in [-0.1, -0.05) is 20.3 Å². The molecule has 0 bridgehead atoms. The fourth-order valence-corrected chi connectivity index (χ4v) is 3.52. The zero-order valence-electron chi connectivity index (χ0n) is 12.6. The minimum absolute atomic E-state index is 0.368. The van der Waals surface area contributed by atoms with Crippen LogP contribution in [0.5, 0.6) is 0 Å². The van der Waals surface area contributed by atoms with Crippen LogP contribution in [0.15, 0.2) is 0 Å². The number of rotatable bonds is 10. The lowest BCUT2D eigenvalue weighted by Gasteiger charge is -2.22. The SMILES string of the molecule is CC(C)CCCOCC(O)CNCC1CCCCS1. The largest absolute Gasteiger partial charge is 0.389 e. The highest BCUT2D eigenvalue weighted by molar-refractivity contribution is 7.99. The van der Waals surface area contributed by atoms with E-state index in [2.05, 4.69) is 30.9 Å². The van der Waals surface area contributed by atoms with E-state index < -0.39 is 0 Å². The highest BCUT2D eigenvalue weighted by Crippen LogP contribution is 2.24. The van der Waals surface area contributed by atoms with Gasteiger partial charge in [-0.3, -0.25) is 0 Å². The summed E-state index contributed by atoms with van der Waals surface area (Å²) >= 11 is 2.07. The molecule has 0 aliphatic carbocycles. The summed E-state index contributed by atoms with van der Waals surface area (Å²) in [6.07, 6.45) is 5.98. The third-order valence-corrected chi connectivity index (χ3v) is 4.80. The lowest BCUT2D eigenvalue weighted by molar-refractivity contribution is 0.0349. The van der Waals surface area contributed by atoms with Crippen LogP contribution in [0.2, 0.25) is 0 Å². The molecule has 0 saturated carbocycles. The highest BCUT2D eigenvalue weighted by atomic mass is 32.2. The van der Waals surface area contributed by atoms with E-state index in [9.17, 15) is 5.11 Å². The molecule has 1 rings (SSSR count). The van der Waals surface area contributed by atoms with Gasteiger partial charge in [0.15, 0.2) is 0 Å². The van der Waals surface area contributed by atoms with E-state index in [-0.39, 0.29) is 6.10 Å². The van der Waals surface area contributed by atoms with Crippen molar-refractivity contribution in [3.8, 4) is 0 Å². The fraction of sp³-hybridized carbons (Fsp3) is 1.00. The molecule has 114 valence electrons. The number of thioether (sulfide) groups is 1. The Hall–Kier alpha value is 0.230. The molecule has 0 radical (unpaired) electrons. The van der Waals surface area contributed by atoms with Crippen molar-refractivity contribution in [2.24, 2.45) is 5.92 Å². The number of aliphatic hydroxyl groups excluding tert-OH is 1. The topological polar surface area (TPSA) is 41.5 Å². The maximum atomic E-state index is 9.79. The smallest absolute Gasteiger partial charge is 0.0897 e. The molecule has 2 unspecified atom stereocenters. The lowest BCUT2D eigenvalue weighted by Crippen LogP contribution is -2.35. The lowest BCUT2D eigenvalue weighted by atomic mass is 10.1. The van der Waals surface area contributed by atoms with Gasteiger partial charge in [-0.2, -0.15) is 11.8 Å². The molecule has 0 aromatic heterocycles. The van der Waals surface area contributed by atoms with Crippen molar-refractivity contribution in [2.45, 2.75) is 57.3 Å². The first kappa shape index (κ1) is 17.3. The van der Waals surface area contributed by atoms with Crippen LogP contribution in [0.1, 0.15) is 46.0 Å². The molecule has 1 aliphatic heterocycles. The third-order valence-electron chi connectivity index (χ3n) is 3.41. The zero-order valence-corrected chi connectivity index (χ0v) is 13.4. The van der Waals surface area contributed by atoms with Gasteiger partial charge in [0, 0.05) is 24.9 Å². The second-order valence-corrected chi connectivity index (χ2v) is 7.32. The van der Waals surface area contributed by atoms with E-state index >= 15 is 0 Å². The van der Waals surface area contributed by atoms with Gasteiger partial charge in [-0.15, -0.1) is 0 Å². The second-order valence-electron chi connectivity index (χ2n) is 5.91. The maximum absolute atomic E-state index is 9.79. The average molecular weight is 289 g/mol. The molecule has 1 fully saturated rings. The van der Waals surface area contributed by atoms with Crippen LogP contribution in [-0.4, -0.2) is 48.5 Å². The number of nitrogens with one attached hydrogen (secondary N) is 1. The van der Waals surface area contributed by atoms with Crippen LogP contribution in [0.4, 0.5) is 0 Å². The Morgan fingerprint density at radius 1 is 1.37 bits per heavy atom. The molecule has 4 heteroatoms. The van der Waals surface area contributed by atoms with Gasteiger partial charge in [0.25, 0.3) is 0 Å². The van der Waals surface area contributed by atoms with Crippen molar-refractivity contribution in [3.63, 3.8) is 0 Å². The number of hydrogen-bond donors (Lipinski definition) is 2. The number of aliphatic hydroxyl groups is 1. The van der Waals surface area contributed by atoms with E-state index in [1.54, 1.807) is 0 Å². The van der Waals surface area contributed by atoms with Crippen LogP contribution in [0.3, 0.4) is 0 Å². The fourth-order valence-electron chi connectivity index (χ4n) is 2.25. The summed E-state index contributed by atoms with van der Waals surface area (Å²) in [4.78, 5) is 0. The Kier molecular flexibility index (Phi) is 9.96. The average Bonchev–Trinajstić information content (AvgIpc) is 2.39. The van der Waals surface area contributed by atoms with E-state index in [0.717, 1.165) is 30.7 Å².